The molecule has 4 heteroatoms. The number of halogens is 1. The highest BCUT2D eigenvalue weighted by Crippen LogP contribution is 2.11. The molecule has 0 fully saturated rings. The molecule has 0 saturated heterocycles. The standard InChI is InChI=1S/C15H14N2O.ClH/c1-11-6-8-12(9-7-11)10-17-14-5-3-2-4-13(14)16-15(17)18;/h2-9H,10H2,1H3,(H,16,18);1H. The van der Waals surface area contributed by atoms with Gasteiger partial charge in [0.05, 0.1) is 17.6 Å². The molecule has 3 aromatic rings. The second kappa shape index (κ2) is 5.33. The molecular formula is C15H15ClN2O. The van der Waals surface area contributed by atoms with Crippen LogP contribution in [-0.4, -0.2) is 9.55 Å². The molecule has 98 valence electrons. The largest absolute Gasteiger partial charge is 0.326 e. The van der Waals surface area contributed by atoms with Crippen LogP contribution >= 0.6 is 12.4 Å². The minimum Gasteiger partial charge on any atom is -0.306 e. The number of aromatic nitrogens is 2. The Kier molecular flexibility index (Phi) is 3.76. The van der Waals surface area contributed by atoms with Crippen LogP contribution < -0.4 is 5.69 Å². The van der Waals surface area contributed by atoms with Crippen molar-refractivity contribution in [2.45, 2.75) is 13.5 Å². The smallest absolute Gasteiger partial charge is 0.306 e. The first kappa shape index (κ1) is 13.4. The van der Waals surface area contributed by atoms with Gasteiger partial charge in [0.1, 0.15) is 0 Å². The van der Waals surface area contributed by atoms with Gasteiger partial charge in [-0.25, -0.2) is 4.79 Å². The van der Waals surface area contributed by atoms with Crippen molar-refractivity contribution in [3.05, 3.63) is 70.1 Å². The van der Waals surface area contributed by atoms with Crippen molar-refractivity contribution in [1.29, 1.82) is 0 Å². The van der Waals surface area contributed by atoms with E-state index in [9.17, 15) is 4.79 Å². The maximum absolute atomic E-state index is 11.9. The number of nitrogens with zero attached hydrogens (tertiary/aromatic N) is 1. The van der Waals surface area contributed by atoms with Gasteiger partial charge >= 0.3 is 5.69 Å². The normalized spacial score (nSPS) is 10.4. The van der Waals surface area contributed by atoms with Crippen LogP contribution in [0.4, 0.5) is 0 Å². The van der Waals surface area contributed by atoms with Crippen LogP contribution in [0.2, 0.25) is 0 Å². The number of nitrogens with one attached hydrogen (secondary N) is 1. The van der Waals surface area contributed by atoms with Gasteiger partial charge in [0.25, 0.3) is 0 Å². The van der Waals surface area contributed by atoms with Crippen molar-refractivity contribution in [2.75, 3.05) is 0 Å². The molecule has 0 atom stereocenters. The van der Waals surface area contributed by atoms with E-state index in [1.54, 1.807) is 4.57 Å². The number of aromatic amines is 1. The van der Waals surface area contributed by atoms with Crippen LogP contribution in [0.15, 0.2) is 53.3 Å². The zero-order valence-electron chi connectivity index (χ0n) is 10.6. The SMILES string of the molecule is Cc1ccc(Cn2c(=O)[nH]c3ccccc32)cc1.Cl. The van der Waals surface area contributed by atoms with Crippen LogP contribution in [0.25, 0.3) is 11.0 Å². The van der Waals surface area contributed by atoms with Gasteiger partial charge < -0.3 is 4.98 Å². The first-order valence-corrected chi connectivity index (χ1v) is 5.97. The molecule has 0 aliphatic carbocycles. The minimum atomic E-state index is -0.0585. The Bertz CT molecular complexity index is 741. The van der Waals surface area contributed by atoms with Gasteiger partial charge in [-0.05, 0) is 24.6 Å². The Hall–Kier alpha value is -2.00. The van der Waals surface area contributed by atoms with Crippen LogP contribution in [0.5, 0.6) is 0 Å². The third kappa shape index (κ3) is 2.56. The molecular weight excluding hydrogens is 260 g/mol. The number of para-hydroxylation sites is 2. The fourth-order valence-electron chi connectivity index (χ4n) is 2.14. The van der Waals surface area contributed by atoms with E-state index in [1.807, 2.05) is 24.3 Å². The molecule has 0 radical (unpaired) electrons. The number of rotatable bonds is 2. The predicted molar refractivity (Wildman–Crippen MR) is 80.1 cm³/mol. The second-order valence-electron chi connectivity index (χ2n) is 4.52. The second-order valence-corrected chi connectivity index (χ2v) is 4.52. The number of imidazole rings is 1. The Labute approximate surface area is 117 Å². The van der Waals surface area contributed by atoms with Gasteiger partial charge in [-0.1, -0.05) is 42.0 Å². The topological polar surface area (TPSA) is 37.8 Å². The Balaban J connectivity index is 0.00000133. The molecule has 0 unspecified atom stereocenters. The third-order valence-corrected chi connectivity index (χ3v) is 3.14. The molecule has 19 heavy (non-hydrogen) atoms. The molecule has 0 bridgehead atoms. The third-order valence-electron chi connectivity index (χ3n) is 3.14. The molecule has 1 N–H and O–H groups in total. The summed E-state index contributed by atoms with van der Waals surface area (Å²) >= 11 is 0. The maximum Gasteiger partial charge on any atom is 0.326 e. The van der Waals surface area contributed by atoms with Crippen LogP contribution in [0.1, 0.15) is 11.1 Å². The van der Waals surface area contributed by atoms with Crippen LogP contribution in [-0.2, 0) is 6.54 Å². The molecule has 3 nitrogen and oxygen atoms in total. The lowest BCUT2D eigenvalue weighted by molar-refractivity contribution is 0.786. The van der Waals surface area contributed by atoms with Crippen molar-refractivity contribution in [3.8, 4) is 0 Å². The lowest BCUT2D eigenvalue weighted by Gasteiger charge is -2.04. The number of hydrogen-bond donors (Lipinski definition) is 1. The van der Waals surface area contributed by atoms with Gasteiger partial charge in [-0.2, -0.15) is 0 Å². The summed E-state index contributed by atoms with van der Waals surface area (Å²) in [4.78, 5) is 14.8. The highest BCUT2D eigenvalue weighted by Gasteiger charge is 2.05. The molecule has 2 aromatic carbocycles. The fourth-order valence-corrected chi connectivity index (χ4v) is 2.14. The lowest BCUT2D eigenvalue weighted by Crippen LogP contribution is -2.17. The molecule has 0 spiro atoms. The number of aryl methyl sites for hydroxylation is 1. The van der Waals surface area contributed by atoms with Crippen molar-refractivity contribution in [1.82, 2.24) is 9.55 Å². The summed E-state index contributed by atoms with van der Waals surface area (Å²) in [5, 5.41) is 0. The van der Waals surface area contributed by atoms with Crippen molar-refractivity contribution >= 4 is 23.4 Å². The number of hydrogen-bond acceptors (Lipinski definition) is 1. The summed E-state index contributed by atoms with van der Waals surface area (Å²) in [6.45, 7) is 2.66. The molecule has 0 saturated carbocycles. The van der Waals surface area contributed by atoms with Crippen LogP contribution in [0, 0.1) is 6.92 Å². The summed E-state index contributed by atoms with van der Waals surface area (Å²) in [7, 11) is 0. The summed E-state index contributed by atoms with van der Waals surface area (Å²) < 4.78 is 1.76. The van der Waals surface area contributed by atoms with Crippen molar-refractivity contribution < 1.29 is 0 Å². The summed E-state index contributed by atoms with van der Waals surface area (Å²) in [6.07, 6.45) is 0. The number of benzene rings is 2. The van der Waals surface area contributed by atoms with Crippen molar-refractivity contribution in [3.63, 3.8) is 0 Å². The first-order chi connectivity index (χ1) is 8.74. The minimum absolute atomic E-state index is 0. The zero-order valence-corrected chi connectivity index (χ0v) is 11.4. The first-order valence-electron chi connectivity index (χ1n) is 5.97. The average molecular weight is 275 g/mol. The van der Waals surface area contributed by atoms with E-state index in [0.717, 1.165) is 16.6 Å². The van der Waals surface area contributed by atoms with Crippen molar-refractivity contribution in [2.24, 2.45) is 0 Å². The van der Waals surface area contributed by atoms with E-state index in [4.69, 9.17) is 0 Å². The van der Waals surface area contributed by atoms with Crippen LogP contribution in [0.3, 0.4) is 0 Å². The molecule has 0 aliphatic rings. The van der Waals surface area contributed by atoms with Gasteiger partial charge in [0.15, 0.2) is 0 Å². The van der Waals surface area contributed by atoms with E-state index in [-0.39, 0.29) is 18.1 Å². The van der Waals surface area contributed by atoms with E-state index in [0.29, 0.717) is 6.54 Å². The molecule has 1 aromatic heterocycles. The molecule has 3 rings (SSSR count). The van der Waals surface area contributed by atoms with E-state index < -0.39 is 0 Å². The highest BCUT2D eigenvalue weighted by molar-refractivity contribution is 5.85. The van der Waals surface area contributed by atoms with Gasteiger partial charge in [-0.15, -0.1) is 12.4 Å². The quantitative estimate of drug-likeness (QED) is 0.766. The van der Waals surface area contributed by atoms with Gasteiger partial charge in [-0.3, -0.25) is 4.57 Å². The lowest BCUT2D eigenvalue weighted by atomic mass is 10.1. The Morgan fingerprint density at radius 2 is 1.74 bits per heavy atom. The summed E-state index contributed by atoms with van der Waals surface area (Å²) in [5.74, 6) is 0. The summed E-state index contributed by atoms with van der Waals surface area (Å²) in [5.41, 5.74) is 4.13. The summed E-state index contributed by atoms with van der Waals surface area (Å²) in [6, 6.07) is 16.0. The Morgan fingerprint density at radius 3 is 2.47 bits per heavy atom. The monoisotopic (exact) mass is 274 g/mol. The zero-order chi connectivity index (χ0) is 12.5. The van der Waals surface area contributed by atoms with Gasteiger partial charge in [0.2, 0.25) is 0 Å². The maximum atomic E-state index is 11.9. The highest BCUT2D eigenvalue weighted by atomic mass is 35.5. The Morgan fingerprint density at radius 1 is 1.05 bits per heavy atom. The average Bonchev–Trinajstić information content (AvgIpc) is 2.69. The molecule has 0 amide bonds. The van der Waals surface area contributed by atoms with Gasteiger partial charge in [0, 0.05) is 0 Å². The predicted octanol–water partition coefficient (Wildman–Crippen LogP) is 3.11. The molecule has 1 heterocycles. The van der Waals surface area contributed by atoms with E-state index in [1.165, 1.54) is 5.56 Å². The number of H-pyrrole nitrogens is 1. The van der Waals surface area contributed by atoms with E-state index in [2.05, 4.69) is 36.2 Å². The number of fused-ring (bicyclic) bond motifs is 1. The fraction of sp³-hybridized carbons (Fsp3) is 0.133. The molecule has 0 aliphatic heterocycles. The van der Waals surface area contributed by atoms with E-state index >= 15 is 0 Å².